The summed E-state index contributed by atoms with van der Waals surface area (Å²) >= 11 is 1.56. The van der Waals surface area contributed by atoms with Crippen molar-refractivity contribution in [2.75, 3.05) is 25.0 Å². The van der Waals surface area contributed by atoms with Gasteiger partial charge in [-0.25, -0.2) is 0 Å². The van der Waals surface area contributed by atoms with Crippen LogP contribution in [0.25, 0.3) is 0 Å². The first-order chi connectivity index (χ1) is 10.7. The predicted octanol–water partition coefficient (Wildman–Crippen LogP) is 1.89. The number of carbonyl (C=O) groups excluding carboxylic acids is 1. The molecule has 1 saturated heterocycles. The number of thiophene rings is 1. The van der Waals surface area contributed by atoms with E-state index in [1.807, 2.05) is 0 Å². The molecular formula is C16H21N3O2S. The molecular weight excluding hydrogens is 298 g/mol. The summed E-state index contributed by atoms with van der Waals surface area (Å²) in [7, 11) is 0. The summed E-state index contributed by atoms with van der Waals surface area (Å²) < 4.78 is 0. The Morgan fingerprint density at radius 3 is 3.09 bits per heavy atom. The molecule has 3 rings (SSSR count). The number of β-amino-alcohol motifs (C(OH)–C–C–N with tert-alkyl or cyclic N) is 1. The van der Waals surface area contributed by atoms with Crippen LogP contribution in [0.5, 0.6) is 0 Å². The number of amides is 1. The van der Waals surface area contributed by atoms with Crippen LogP contribution in [0, 0.1) is 11.3 Å². The van der Waals surface area contributed by atoms with Crippen LogP contribution in [-0.2, 0) is 17.6 Å². The molecule has 2 heterocycles. The van der Waals surface area contributed by atoms with Gasteiger partial charge in [-0.1, -0.05) is 0 Å². The Bertz CT molecular complexity index is 605. The summed E-state index contributed by atoms with van der Waals surface area (Å²) in [5.41, 5.74) is 1.81. The maximum atomic E-state index is 12.1. The number of nitrogens with zero attached hydrogens (tertiary/aromatic N) is 2. The lowest BCUT2D eigenvalue weighted by Gasteiger charge is -2.29. The molecule has 0 radical (unpaired) electrons. The number of anilines is 1. The Labute approximate surface area is 134 Å². The van der Waals surface area contributed by atoms with E-state index in [1.165, 1.54) is 4.88 Å². The maximum absolute atomic E-state index is 12.1. The van der Waals surface area contributed by atoms with Crippen LogP contribution in [0.3, 0.4) is 0 Å². The highest BCUT2D eigenvalue weighted by Crippen LogP contribution is 2.38. The summed E-state index contributed by atoms with van der Waals surface area (Å²) in [4.78, 5) is 15.5. The molecule has 0 spiro atoms. The van der Waals surface area contributed by atoms with Crippen LogP contribution < -0.4 is 5.32 Å². The van der Waals surface area contributed by atoms with Crippen LogP contribution in [0.4, 0.5) is 5.00 Å². The molecule has 1 fully saturated rings. The second-order valence-electron chi connectivity index (χ2n) is 6.07. The number of hydrogen-bond donors (Lipinski definition) is 2. The van der Waals surface area contributed by atoms with Crippen molar-refractivity contribution in [3.05, 3.63) is 16.0 Å². The molecule has 0 saturated carbocycles. The molecule has 1 amide bonds. The molecule has 2 aliphatic rings. The van der Waals surface area contributed by atoms with Crippen molar-refractivity contribution in [3.63, 3.8) is 0 Å². The van der Waals surface area contributed by atoms with E-state index in [4.69, 9.17) is 0 Å². The molecule has 1 aromatic heterocycles. The van der Waals surface area contributed by atoms with Gasteiger partial charge in [0.1, 0.15) is 11.1 Å². The van der Waals surface area contributed by atoms with Gasteiger partial charge in [-0.05, 0) is 44.2 Å². The Kier molecular flexibility index (Phi) is 4.77. The summed E-state index contributed by atoms with van der Waals surface area (Å²) in [6, 6.07) is 2.24. The normalized spacial score (nSPS) is 21.4. The summed E-state index contributed by atoms with van der Waals surface area (Å²) in [5.74, 6) is -0.0449. The number of nitriles is 1. The van der Waals surface area contributed by atoms with E-state index in [1.54, 1.807) is 11.3 Å². The fourth-order valence-electron chi connectivity index (χ4n) is 3.29. The first kappa shape index (κ1) is 15.5. The van der Waals surface area contributed by atoms with Crippen molar-refractivity contribution in [1.29, 1.82) is 5.26 Å². The zero-order chi connectivity index (χ0) is 15.5. The highest BCUT2D eigenvalue weighted by molar-refractivity contribution is 7.16. The van der Waals surface area contributed by atoms with Crippen molar-refractivity contribution in [1.82, 2.24) is 4.90 Å². The molecule has 118 valence electrons. The van der Waals surface area contributed by atoms with E-state index < -0.39 is 0 Å². The van der Waals surface area contributed by atoms with Crippen LogP contribution in [0.2, 0.25) is 0 Å². The number of piperidine rings is 1. The number of fused-ring (bicyclic) bond motifs is 1. The maximum Gasteiger partial charge on any atom is 0.226 e. The Morgan fingerprint density at radius 1 is 1.45 bits per heavy atom. The molecule has 1 aliphatic heterocycles. The SMILES string of the molecule is N#Cc1c(NC(=O)CCN2CCCC(O)C2)sc2c1CCC2. The van der Waals surface area contributed by atoms with Crippen LogP contribution in [0.15, 0.2) is 0 Å². The highest BCUT2D eigenvalue weighted by Gasteiger charge is 2.23. The molecule has 0 bridgehead atoms. The first-order valence-corrected chi connectivity index (χ1v) is 8.74. The highest BCUT2D eigenvalue weighted by atomic mass is 32.1. The van der Waals surface area contributed by atoms with Gasteiger partial charge in [0.15, 0.2) is 0 Å². The average Bonchev–Trinajstić information content (AvgIpc) is 3.05. The molecule has 1 unspecified atom stereocenters. The van der Waals surface area contributed by atoms with Crippen molar-refractivity contribution >= 4 is 22.2 Å². The lowest BCUT2D eigenvalue weighted by Crippen LogP contribution is -2.39. The zero-order valence-corrected chi connectivity index (χ0v) is 13.4. The van der Waals surface area contributed by atoms with Gasteiger partial charge < -0.3 is 15.3 Å². The van der Waals surface area contributed by atoms with Crippen molar-refractivity contribution < 1.29 is 9.90 Å². The van der Waals surface area contributed by atoms with Gasteiger partial charge in [0.05, 0.1) is 11.7 Å². The Morgan fingerprint density at radius 2 is 2.32 bits per heavy atom. The van der Waals surface area contributed by atoms with Gasteiger partial charge in [0, 0.05) is 24.4 Å². The zero-order valence-electron chi connectivity index (χ0n) is 12.6. The van der Waals surface area contributed by atoms with Crippen molar-refractivity contribution in [2.24, 2.45) is 0 Å². The number of nitrogens with one attached hydrogen (secondary N) is 1. The van der Waals surface area contributed by atoms with Gasteiger partial charge in [0.2, 0.25) is 5.91 Å². The third-order valence-corrected chi connectivity index (χ3v) is 5.63. The van der Waals surface area contributed by atoms with Gasteiger partial charge in [-0.15, -0.1) is 11.3 Å². The van der Waals surface area contributed by atoms with Crippen molar-refractivity contribution in [2.45, 2.75) is 44.6 Å². The standard InChI is InChI=1S/C16H21N3O2S/c17-9-13-12-4-1-5-14(12)22-16(13)18-15(21)6-8-19-7-2-3-11(20)10-19/h11,20H,1-8,10H2,(H,18,21). The molecule has 5 nitrogen and oxygen atoms in total. The third kappa shape index (κ3) is 3.32. The number of aliphatic hydroxyl groups is 1. The average molecular weight is 319 g/mol. The molecule has 1 aromatic rings. The van der Waals surface area contributed by atoms with E-state index in [2.05, 4.69) is 16.3 Å². The number of hydrogen-bond acceptors (Lipinski definition) is 5. The Hall–Kier alpha value is -1.42. The number of carbonyl (C=O) groups is 1. The summed E-state index contributed by atoms with van der Waals surface area (Å²) in [5, 5.41) is 22.6. The quantitative estimate of drug-likeness (QED) is 0.888. The van der Waals surface area contributed by atoms with E-state index in [0.717, 1.165) is 49.2 Å². The third-order valence-electron chi connectivity index (χ3n) is 4.42. The first-order valence-electron chi connectivity index (χ1n) is 7.92. The second kappa shape index (κ2) is 6.78. The lowest BCUT2D eigenvalue weighted by atomic mass is 10.1. The van der Waals surface area contributed by atoms with E-state index >= 15 is 0 Å². The monoisotopic (exact) mass is 319 g/mol. The predicted molar refractivity (Wildman–Crippen MR) is 86.0 cm³/mol. The molecule has 6 heteroatoms. The smallest absolute Gasteiger partial charge is 0.226 e. The summed E-state index contributed by atoms with van der Waals surface area (Å²) in [6.07, 6.45) is 5.07. The van der Waals surface area contributed by atoms with E-state index in [-0.39, 0.29) is 12.0 Å². The molecule has 2 N–H and O–H groups in total. The van der Waals surface area contributed by atoms with Crippen LogP contribution >= 0.6 is 11.3 Å². The van der Waals surface area contributed by atoms with Gasteiger partial charge in [0.25, 0.3) is 0 Å². The van der Waals surface area contributed by atoms with E-state index in [0.29, 0.717) is 25.1 Å². The van der Waals surface area contributed by atoms with Gasteiger partial charge in [-0.3, -0.25) is 4.79 Å². The number of aliphatic hydroxyl groups excluding tert-OH is 1. The van der Waals surface area contributed by atoms with Gasteiger partial charge >= 0.3 is 0 Å². The van der Waals surface area contributed by atoms with E-state index in [9.17, 15) is 15.2 Å². The fraction of sp³-hybridized carbons (Fsp3) is 0.625. The molecule has 1 aliphatic carbocycles. The van der Waals surface area contributed by atoms with Crippen LogP contribution in [-0.4, -0.2) is 41.7 Å². The van der Waals surface area contributed by atoms with Crippen LogP contribution in [0.1, 0.15) is 41.7 Å². The second-order valence-corrected chi connectivity index (χ2v) is 7.17. The van der Waals surface area contributed by atoms with Crippen molar-refractivity contribution in [3.8, 4) is 6.07 Å². The Balaban J connectivity index is 1.55. The summed E-state index contributed by atoms with van der Waals surface area (Å²) in [6.45, 7) is 2.26. The largest absolute Gasteiger partial charge is 0.392 e. The molecule has 22 heavy (non-hydrogen) atoms. The number of likely N-dealkylation sites (tertiary alicyclic amines) is 1. The number of aryl methyl sites for hydroxylation is 1. The topological polar surface area (TPSA) is 76.4 Å². The minimum atomic E-state index is -0.262. The fourth-order valence-corrected chi connectivity index (χ4v) is 4.55. The van der Waals surface area contributed by atoms with Gasteiger partial charge in [-0.2, -0.15) is 5.26 Å². The molecule has 1 atom stereocenters. The minimum Gasteiger partial charge on any atom is -0.392 e. The minimum absolute atomic E-state index is 0.0449. The lowest BCUT2D eigenvalue weighted by molar-refractivity contribution is -0.116. The molecule has 0 aromatic carbocycles. The number of rotatable bonds is 4.